The van der Waals surface area contributed by atoms with Gasteiger partial charge in [0, 0.05) is 5.02 Å². The zero-order chi connectivity index (χ0) is 19.4. The van der Waals surface area contributed by atoms with Crippen molar-refractivity contribution in [3.8, 4) is 0 Å². The molecule has 1 aliphatic carbocycles. The summed E-state index contributed by atoms with van der Waals surface area (Å²) in [6.07, 6.45) is 1.30. The van der Waals surface area contributed by atoms with Gasteiger partial charge in [0.05, 0.1) is 16.0 Å². The normalized spacial score (nSPS) is 14.1. The van der Waals surface area contributed by atoms with E-state index in [2.05, 4.69) is 10.9 Å². The molecule has 0 radical (unpaired) electrons. The highest BCUT2D eigenvalue weighted by atomic mass is 35.5. The Morgan fingerprint density at radius 1 is 0.963 bits per heavy atom. The predicted molar refractivity (Wildman–Crippen MR) is 100 cm³/mol. The maximum atomic E-state index is 12.4. The van der Waals surface area contributed by atoms with Gasteiger partial charge in [0.2, 0.25) is 0 Å². The summed E-state index contributed by atoms with van der Waals surface area (Å²) in [4.78, 5) is 36.2. The fourth-order valence-electron chi connectivity index (χ4n) is 2.65. The number of carbonyl (C=O) groups is 3. The van der Waals surface area contributed by atoms with Crippen molar-refractivity contribution in [3.63, 3.8) is 0 Å². The summed E-state index contributed by atoms with van der Waals surface area (Å²) in [5, 5.41) is 0.839. The molecule has 0 spiro atoms. The van der Waals surface area contributed by atoms with E-state index in [-0.39, 0.29) is 10.6 Å². The molecule has 1 aliphatic rings. The number of hydrogen-bond acceptors (Lipinski definition) is 4. The number of ether oxygens (including phenoxy) is 1. The van der Waals surface area contributed by atoms with Crippen LogP contribution >= 0.6 is 23.2 Å². The van der Waals surface area contributed by atoms with E-state index >= 15 is 0 Å². The molecular weight excluding hydrogens is 391 g/mol. The molecule has 2 aromatic carbocycles. The van der Waals surface area contributed by atoms with Crippen LogP contribution in [0.25, 0.3) is 0 Å². The summed E-state index contributed by atoms with van der Waals surface area (Å²) >= 11 is 11.8. The lowest BCUT2D eigenvalue weighted by atomic mass is 9.96. The number of hydrogen-bond donors (Lipinski definition) is 2. The zero-order valence-corrected chi connectivity index (χ0v) is 15.6. The Bertz CT molecular complexity index is 880. The van der Waals surface area contributed by atoms with Crippen molar-refractivity contribution in [1.29, 1.82) is 0 Å². The number of carbonyl (C=O) groups excluding carboxylic acids is 3. The van der Waals surface area contributed by atoms with Crippen LogP contribution in [0.1, 0.15) is 28.8 Å². The van der Waals surface area contributed by atoms with Crippen molar-refractivity contribution >= 4 is 41.0 Å². The lowest BCUT2D eigenvalue weighted by Gasteiger charge is -2.15. The average molecular weight is 407 g/mol. The monoisotopic (exact) mass is 406 g/mol. The van der Waals surface area contributed by atoms with E-state index in [9.17, 15) is 14.4 Å². The van der Waals surface area contributed by atoms with E-state index in [1.807, 2.05) is 0 Å². The molecule has 0 heterocycles. The molecule has 3 rings (SSSR count). The van der Waals surface area contributed by atoms with Gasteiger partial charge in [-0.25, -0.2) is 0 Å². The minimum Gasteiger partial charge on any atom is -0.455 e. The quantitative estimate of drug-likeness (QED) is 0.590. The van der Waals surface area contributed by atoms with E-state index < -0.39 is 29.8 Å². The lowest BCUT2D eigenvalue weighted by Crippen LogP contribution is -2.44. The fraction of sp³-hybridized carbons (Fsp3) is 0.211. The van der Waals surface area contributed by atoms with Crippen molar-refractivity contribution in [2.24, 2.45) is 0 Å². The number of esters is 1. The third-order valence-electron chi connectivity index (χ3n) is 4.31. The van der Waals surface area contributed by atoms with Crippen molar-refractivity contribution < 1.29 is 19.1 Å². The molecular formula is C19H16Cl2N2O4. The summed E-state index contributed by atoms with van der Waals surface area (Å²) in [6.45, 7) is -0.503. The van der Waals surface area contributed by atoms with Gasteiger partial charge in [-0.1, -0.05) is 47.5 Å². The Labute approximate surface area is 165 Å². The summed E-state index contributed by atoms with van der Waals surface area (Å²) in [5.74, 6) is -1.70. The summed E-state index contributed by atoms with van der Waals surface area (Å²) in [6, 6.07) is 13.4. The molecule has 2 aromatic rings. The van der Waals surface area contributed by atoms with Gasteiger partial charge in [-0.15, -0.1) is 0 Å². The first-order valence-electron chi connectivity index (χ1n) is 8.19. The highest BCUT2D eigenvalue weighted by Crippen LogP contribution is 2.49. The molecule has 1 saturated carbocycles. The molecule has 2 N–H and O–H groups in total. The van der Waals surface area contributed by atoms with Gasteiger partial charge >= 0.3 is 5.97 Å². The van der Waals surface area contributed by atoms with Crippen LogP contribution in [-0.4, -0.2) is 24.4 Å². The first-order chi connectivity index (χ1) is 12.9. The van der Waals surface area contributed by atoms with Crippen LogP contribution in [0.5, 0.6) is 0 Å². The predicted octanol–water partition coefficient (Wildman–Crippen LogP) is 3.03. The highest BCUT2D eigenvalue weighted by molar-refractivity contribution is 6.33. The molecule has 0 aliphatic heterocycles. The molecule has 8 heteroatoms. The highest BCUT2D eigenvalue weighted by Gasteiger charge is 2.52. The van der Waals surface area contributed by atoms with E-state index in [1.54, 1.807) is 42.5 Å². The number of nitrogens with one attached hydrogen (secondary N) is 2. The Morgan fingerprint density at radius 2 is 1.63 bits per heavy atom. The minimum absolute atomic E-state index is 0.219. The van der Waals surface area contributed by atoms with Crippen LogP contribution in [0.4, 0.5) is 0 Å². The molecule has 27 heavy (non-hydrogen) atoms. The largest absolute Gasteiger partial charge is 0.455 e. The van der Waals surface area contributed by atoms with E-state index in [4.69, 9.17) is 27.9 Å². The van der Waals surface area contributed by atoms with E-state index in [0.717, 1.165) is 5.56 Å². The molecule has 0 atom stereocenters. The standard InChI is InChI=1S/C19H16Cl2N2O4/c20-13-7-5-12(6-8-13)19(9-10-19)18(26)27-11-16(24)22-23-17(25)14-3-1-2-4-15(14)21/h1-8H,9-11H2,(H,22,24)(H,23,25). The van der Waals surface area contributed by atoms with Crippen LogP contribution in [0.2, 0.25) is 10.0 Å². The van der Waals surface area contributed by atoms with Crippen LogP contribution in [0.15, 0.2) is 48.5 Å². The van der Waals surface area contributed by atoms with Gasteiger partial charge in [0.25, 0.3) is 11.8 Å². The van der Waals surface area contributed by atoms with E-state index in [1.165, 1.54) is 6.07 Å². The first-order valence-corrected chi connectivity index (χ1v) is 8.95. The smallest absolute Gasteiger partial charge is 0.317 e. The molecule has 140 valence electrons. The molecule has 2 amide bonds. The van der Waals surface area contributed by atoms with Gasteiger partial charge in [0.1, 0.15) is 0 Å². The second kappa shape index (κ2) is 7.98. The molecule has 0 saturated heterocycles. The van der Waals surface area contributed by atoms with Gasteiger partial charge in [-0.2, -0.15) is 0 Å². The number of amides is 2. The van der Waals surface area contributed by atoms with Crippen LogP contribution < -0.4 is 10.9 Å². The van der Waals surface area contributed by atoms with E-state index in [0.29, 0.717) is 17.9 Å². The topological polar surface area (TPSA) is 84.5 Å². The van der Waals surface area contributed by atoms with Crippen LogP contribution in [0, 0.1) is 0 Å². The lowest BCUT2D eigenvalue weighted by molar-refractivity contribution is -0.151. The molecule has 1 fully saturated rings. The number of rotatable bonds is 5. The SMILES string of the molecule is O=C(COC(=O)C1(c2ccc(Cl)cc2)CC1)NNC(=O)c1ccccc1Cl. The molecule has 6 nitrogen and oxygen atoms in total. The number of benzene rings is 2. The maximum absolute atomic E-state index is 12.4. The Morgan fingerprint density at radius 3 is 2.26 bits per heavy atom. The van der Waals surface area contributed by atoms with Gasteiger partial charge in [-0.05, 0) is 42.7 Å². The van der Waals surface area contributed by atoms with Crippen molar-refractivity contribution in [2.45, 2.75) is 18.3 Å². The van der Waals surface area contributed by atoms with Crippen molar-refractivity contribution in [2.75, 3.05) is 6.61 Å². The molecule has 0 unspecified atom stereocenters. The fourth-order valence-corrected chi connectivity index (χ4v) is 3.00. The Balaban J connectivity index is 1.49. The third kappa shape index (κ3) is 4.40. The number of halogens is 2. The van der Waals surface area contributed by atoms with Gasteiger partial charge in [-0.3, -0.25) is 25.2 Å². The van der Waals surface area contributed by atoms with Crippen LogP contribution in [-0.2, 0) is 19.7 Å². The second-order valence-corrected chi connectivity index (χ2v) is 6.99. The number of hydrazine groups is 1. The summed E-state index contributed by atoms with van der Waals surface area (Å²) < 4.78 is 5.12. The average Bonchev–Trinajstić information content (AvgIpc) is 3.47. The van der Waals surface area contributed by atoms with Gasteiger partial charge < -0.3 is 4.74 Å². The van der Waals surface area contributed by atoms with Crippen molar-refractivity contribution in [1.82, 2.24) is 10.9 Å². The zero-order valence-electron chi connectivity index (χ0n) is 14.1. The minimum atomic E-state index is -0.717. The Hall–Kier alpha value is -2.57. The third-order valence-corrected chi connectivity index (χ3v) is 4.89. The van der Waals surface area contributed by atoms with Crippen molar-refractivity contribution in [3.05, 3.63) is 69.7 Å². The Kier molecular flexibility index (Phi) is 5.68. The van der Waals surface area contributed by atoms with Crippen LogP contribution in [0.3, 0.4) is 0 Å². The molecule has 0 aromatic heterocycles. The summed E-state index contributed by atoms with van der Waals surface area (Å²) in [5.41, 5.74) is 4.73. The maximum Gasteiger partial charge on any atom is 0.317 e. The second-order valence-electron chi connectivity index (χ2n) is 6.15. The first kappa shape index (κ1) is 19.2. The van der Waals surface area contributed by atoms with Gasteiger partial charge in [0.15, 0.2) is 6.61 Å². The molecule has 0 bridgehead atoms. The summed E-state index contributed by atoms with van der Waals surface area (Å²) in [7, 11) is 0.